The molecule has 192 valence electrons. The third-order valence-electron chi connectivity index (χ3n) is 5.65. The zero-order chi connectivity index (χ0) is 25.7. The molecule has 0 saturated heterocycles. The van der Waals surface area contributed by atoms with Crippen LogP contribution in [0.1, 0.15) is 52.5 Å². The number of carbonyl (C=O) groups excluding carboxylic acids is 3. The van der Waals surface area contributed by atoms with Crippen LogP contribution in [0, 0.1) is 11.8 Å². The maximum Gasteiger partial charge on any atom is 0.243 e. The van der Waals surface area contributed by atoms with Gasteiger partial charge in [0.25, 0.3) is 0 Å². The molecule has 9 heteroatoms. The molecule has 0 aliphatic rings. The van der Waals surface area contributed by atoms with Gasteiger partial charge in [0.2, 0.25) is 17.7 Å². The van der Waals surface area contributed by atoms with Crippen LogP contribution in [0.4, 0.5) is 0 Å². The van der Waals surface area contributed by atoms with Gasteiger partial charge in [0, 0.05) is 12.8 Å². The predicted octanol–water partition coefficient (Wildman–Crippen LogP) is 2.23. The summed E-state index contributed by atoms with van der Waals surface area (Å²) in [5.41, 5.74) is 0.768. The minimum atomic E-state index is -0.875. The zero-order valence-electron chi connectivity index (χ0n) is 21.0. The Balaban J connectivity index is 3.04. The Kier molecular flexibility index (Phi) is 13.7. The number of rotatable bonds is 15. The average molecular weight is 496 g/mol. The summed E-state index contributed by atoms with van der Waals surface area (Å²) in [6, 6.07) is 4.38. The van der Waals surface area contributed by atoms with E-state index in [1.54, 1.807) is 23.9 Å². The lowest BCUT2D eigenvalue weighted by atomic mass is 9.96. The van der Waals surface area contributed by atoms with Crippen molar-refractivity contribution in [3.63, 3.8) is 0 Å². The van der Waals surface area contributed by atoms with Crippen molar-refractivity contribution >= 4 is 29.5 Å². The Hall–Kier alpha value is -2.26. The van der Waals surface area contributed by atoms with Gasteiger partial charge in [-0.2, -0.15) is 11.8 Å². The number of aliphatic hydroxyl groups is 1. The molecule has 0 aliphatic heterocycles. The molecule has 0 aromatic heterocycles. The zero-order valence-corrected chi connectivity index (χ0v) is 21.8. The number of thioether (sulfide) groups is 1. The minimum Gasteiger partial charge on any atom is -0.508 e. The molecule has 0 aliphatic carbocycles. The van der Waals surface area contributed by atoms with Crippen molar-refractivity contribution in [1.82, 2.24) is 16.0 Å². The van der Waals surface area contributed by atoms with Crippen LogP contribution in [0.5, 0.6) is 5.75 Å². The van der Waals surface area contributed by atoms with E-state index in [4.69, 9.17) is 0 Å². The van der Waals surface area contributed by atoms with Crippen LogP contribution in [-0.2, 0) is 20.8 Å². The van der Waals surface area contributed by atoms with Gasteiger partial charge in [-0.25, -0.2) is 0 Å². The van der Waals surface area contributed by atoms with E-state index in [9.17, 15) is 24.6 Å². The maximum atomic E-state index is 13.3. The van der Waals surface area contributed by atoms with Crippen LogP contribution in [0.2, 0.25) is 0 Å². The number of carbonyl (C=O) groups is 3. The minimum absolute atomic E-state index is 0.113. The fourth-order valence-electron chi connectivity index (χ4n) is 3.42. The molecule has 4 unspecified atom stereocenters. The van der Waals surface area contributed by atoms with E-state index in [1.807, 2.05) is 34.0 Å². The van der Waals surface area contributed by atoms with Crippen molar-refractivity contribution < 1.29 is 24.6 Å². The molecule has 0 heterocycles. The summed E-state index contributed by atoms with van der Waals surface area (Å²) < 4.78 is 0. The van der Waals surface area contributed by atoms with Crippen molar-refractivity contribution in [1.29, 1.82) is 0 Å². The number of aromatic hydroxyl groups is 1. The number of nitrogens with one attached hydrogen (secondary N) is 3. The average Bonchev–Trinajstić information content (AvgIpc) is 2.79. The largest absolute Gasteiger partial charge is 0.508 e. The van der Waals surface area contributed by atoms with Gasteiger partial charge in [0.1, 0.15) is 17.8 Å². The summed E-state index contributed by atoms with van der Waals surface area (Å²) in [6.45, 7) is 7.49. The van der Waals surface area contributed by atoms with Crippen molar-refractivity contribution in [2.24, 2.45) is 11.8 Å². The Labute approximate surface area is 207 Å². The van der Waals surface area contributed by atoms with E-state index in [2.05, 4.69) is 16.0 Å². The van der Waals surface area contributed by atoms with Gasteiger partial charge < -0.3 is 26.2 Å². The molecule has 8 nitrogen and oxygen atoms in total. The summed E-state index contributed by atoms with van der Waals surface area (Å²) in [4.78, 5) is 38.8. The highest BCUT2D eigenvalue weighted by atomic mass is 32.2. The molecule has 0 radical (unpaired) electrons. The first-order valence-corrected chi connectivity index (χ1v) is 13.3. The summed E-state index contributed by atoms with van der Waals surface area (Å²) in [5.74, 6) is -0.146. The number of benzene rings is 1. The van der Waals surface area contributed by atoms with Crippen LogP contribution in [-0.4, -0.2) is 64.7 Å². The maximum absolute atomic E-state index is 13.3. The van der Waals surface area contributed by atoms with Gasteiger partial charge in [0.15, 0.2) is 0 Å². The molecule has 0 bridgehead atoms. The number of hydrogen-bond donors (Lipinski definition) is 5. The quantitative estimate of drug-likeness (QED) is 0.254. The monoisotopic (exact) mass is 495 g/mol. The van der Waals surface area contributed by atoms with Crippen molar-refractivity contribution in [2.75, 3.05) is 18.6 Å². The Morgan fingerprint density at radius 2 is 1.65 bits per heavy atom. The predicted molar refractivity (Wildman–Crippen MR) is 137 cm³/mol. The topological polar surface area (TPSA) is 128 Å². The third kappa shape index (κ3) is 10.8. The van der Waals surface area contributed by atoms with Gasteiger partial charge in [-0.3, -0.25) is 14.4 Å². The Morgan fingerprint density at radius 3 is 2.18 bits per heavy atom. The van der Waals surface area contributed by atoms with Crippen molar-refractivity contribution in [3.05, 3.63) is 29.8 Å². The van der Waals surface area contributed by atoms with Gasteiger partial charge in [-0.15, -0.1) is 0 Å². The normalized spacial score (nSPS) is 14.7. The number of phenols is 1. The van der Waals surface area contributed by atoms with E-state index < -0.39 is 18.0 Å². The van der Waals surface area contributed by atoms with Crippen LogP contribution in [0.3, 0.4) is 0 Å². The molecule has 1 rings (SSSR count). The van der Waals surface area contributed by atoms with E-state index in [-0.39, 0.29) is 54.9 Å². The SMILES string of the molecule is CCC(C)C(NC(=O)C(Cc1ccc(O)cc1)NC(=O)CC(C)C)C(=O)NC(CO)CCSC. The summed E-state index contributed by atoms with van der Waals surface area (Å²) in [5, 5.41) is 27.7. The molecule has 1 aromatic rings. The van der Waals surface area contributed by atoms with Crippen molar-refractivity contribution in [3.8, 4) is 5.75 Å². The molecule has 5 N–H and O–H groups in total. The van der Waals surface area contributed by atoms with E-state index >= 15 is 0 Å². The van der Waals surface area contributed by atoms with Crippen LogP contribution < -0.4 is 16.0 Å². The lowest BCUT2D eigenvalue weighted by Gasteiger charge is -2.28. The molecular formula is C25H41N3O5S. The third-order valence-corrected chi connectivity index (χ3v) is 6.30. The van der Waals surface area contributed by atoms with Crippen LogP contribution >= 0.6 is 11.8 Å². The lowest BCUT2D eigenvalue weighted by molar-refractivity contribution is -0.133. The molecule has 1 aromatic carbocycles. The first-order chi connectivity index (χ1) is 16.1. The second-order valence-corrected chi connectivity index (χ2v) is 10.1. The summed E-state index contributed by atoms with van der Waals surface area (Å²) in [6.07, 6.45) is 3.74. The number of phenolic OH excluding ortho intramolecular Hbond substituents is 1. The second kappa shape index (κ2) is 15.6. The standard InChI is InChI=1S/C25H41N3O5S/c1-6-17(4)23(25(33)26-19(15-29)11-12-34-5)28-24(32)21(27-22(31)13-16(2)3)14-18-7-9-20(30)10-8-18/h7-10,16-17,19,21,23,29-30H,6,11-15H2,1-5H3,(H,26,33)(H,27,31)(H,28,32). The van der Waals surface area contributed by atoms with Gasteiger partial charge in [0.05, 0.1) is 12.6 Å². The highest BCUT2D eigenvalue weighted by molar-refractivity contribution is 7.98. The fourth-order valence-corrected chi connectivity index (χ4v) is 3.94. The second-order valence-electron chi connectivity index (χ2n) is 9.13. The molecule has 0 spiro atoms. The Bertz CT molecular complexity index is 772. The van der Waals surface area contributed by atoms with Gasteiger partial charge in [-0.05, 0) is 48.0 Å². The Morgan fingerprint density at radius 1 is 1.00 bits per heavy atom. The first kappa shape index (κ1) is 29.8. The van der Waals surface area contributed by atoms with E-state index in [0.29, 0.717) is 12.8 Å². The van der Waals surface area contributed by atoms with E-state index in [1.165, 1.54) is 12.1 Å². The summed E-state index contributed by atoms with van der Waals surface area (Å²) in [7, 11) is 0. The van der Waals surface area contributed by atoms with Gasteiger partial charge in [-0.1, -0.05) is 46.2 Å². The van der Waals surface area contributed by atoms with Gasteiger partial charge >= 0.3 is 0 Å². The highest BCUT2D eigenvalue weighted by Crippen LogP contribution is 2.14. The molecule has 0 saturated carbocycles. The number of hydrogen-bond acceptors (Lipinski definition) is 6. The number of aliphatic hydroxyl groups excluding tert-OH is 1. The molecular weight excluding hydrogens is 454 g/mol. The molecule has 4 atom stereocenters. The lowest BCUT2D eigenvalue weighted by Crippen LogP contribution is -2.57. The van der Waals surface area contributed by atoms with E-state index in [0.717, 1.165) is 11.3 Å². The van der Waals surface area contributed by atoms with Crippen LogP contribution in [0.25, 0.3) is 0 Å². The summed E-state index contributed by atoms with van der Waals surface area (Å²) >= 11 is 1.63. The highest BCUT2D eigenvalue weighted by Gasteiger charge is 2.31. The molecule has 3 amide bonds. The number of amides is 3. The molecule has 0 fully saturated rings. The molecule has 34 heavy (non-hydrogen) atoms. The fraction of sp³-hybridized carbons (Fsp3) is 0.640. The first-order valence-electron chi connectivity index (χ1n) is 11.9. The van der Waals surface area contributed by atoms with Crippen molar-refractivity contribution in [2.45, 2.75) is 71.5 Å². The van der Waals surface area contributed by atoms with Crippen LogP contribution in [0.15, 0.2) is 24.3 Å². The smallest absolute Gasteiger partial charge is 0.243 e.